The zero-order valence-electron chi connectivity index (χ0n) is 11.6. The van der Waals surface area contributed by atoms with Crippen molar-refractivity contribution in [2.45, 2.75) is 52.6 Å². The minimum Gasteiger partial charge on any atom is -0.326 e. The lowest BCUT2D eigenvalue weighted by atomic mass is 10.1. The molecule has 0 aromatic heterocycles. The molecule has 1 aromatic rings. The van der Waals surface area contributed by atoms with Crippen LogP contribution < -0.4 is 10.6 Å². The highest BCUT2D eigenvalue weighted by Gasteiger charge is 2.04. The van der Waals surface area contributed by atoms with Crippen LogP contribution in [0.15, 0.2) is 24.3 Å². The number of hydrogen-bond donors (Lipinski definition) is 2. The van der Waals surface area contributed by atoms with Crippen molar-refractivity contribution in [3.8, 4) is 0 Å². The van der Waals surface area contributed by atoms with Crippen LogP contribution in [0.5, 0.6) is 0 Å². The second-order valence-corrected chi connectivity index (χ2v) is 4.65. The molecule has 1 unspecified atom stereocenters. The summed E-state index contributed by atoms with van der Waals surface area (Å²) in [5, 5.41) is 6.33. The highest BCUT2D eigenvalue weighted by molar-refractivity contribution is 5.88. The summed E-state index contributed by atoms with van der Waals surface area (Å²) < 4.78 is 0. The van der Waals surface area contributed by atoms with E-state index in [4.69, 9.17) is 0 Å². The van der Waals surface area contributed by atoms with Crippen molar-refractivity contribution in [1.29, 1.82) is 0 Å². The van der Waals surface area contributed by atoms with Crippen LogP contribution in [0.25, 0.3) is 0 Å². The molecule has 0 heterocycles. The first-order chi connectivity index (χ1) is 8.65. The largest absolute Gasteiger partial charge is 0.326 e. The highest BCUT2D eigenvalue weighted by atomic mass is 16.1. The molecule has 0 aliphatic rings. The zero-order chi connectivity index (χ0) is 13.4. The summed E-state index contributed by atoms with van der Waals surface area (Å²) in [6, 6.07) is 8.59. The molecule has 0 saturated heterocycles. The third-order valence-electron chi connectivity index (χ3n) is 3.00. The van der Waals surface area contributed by atoms with Crippen LogP contribution in [0.1, 0.15) is 45.6 Å². The van der Waals surface area contributed by atoms with Gasteiger partial charge in [-0.2, -0.15) is 0 Å². The Kier molecular flexibility index (Phi) is 6.44. The van der Waals surface area contributed by atoms with E-state index in [9.17, 15) is 4.79 Å². The van der Waals surface area contributed by atoms with Gasteiger partial charge in [0.2, 0.25) is 5.91 Å². The summed E-state index contributed by atoms with van der Waals surface area (Å²) in [6.45, 7) is 6.84. The Morgan fingerprint density at radius 1 is 1.22 bits per heavy atom. The van der Waals surface area contributed by atoms with E-state index in [1.807, 2.05) is 12.1 Å². The van der Waals surface area contributed by atoms with Crippen molar-refractivity contribution in [3.63, 3.8) is 0 Å². The third-order valence-corrected chi connectivity index (χ3v) is 3.00. The van der Waals surface area contributed by atoms with E-state index in [2.05, 4.69) is 36.6 Å². The molecule has 18 heavy (non-hydrogen) atoms. The average molecular weight is 248 g/mol. The second kappa shape index (κ2) is 7.88. The molecule has 2 N–H and O–H groups in total. The number of hydrogen-bond acceptors (Lipinski definition) is 2. The van der Waals surface area contributed by atoms with Crippen molar-refractivity contribution in [2.75, 3.05) is 5.32 Å². The van der Waals surface area contributed by atoms with Gasteiger partial charge in [0.15, 0.2) is 0 Å². The average Bonchev–Trinajstić information content (AvgIpc) is 2.35. The lowest BCUT2D eigenvalue weighted by Crippen LogP contribution is -2.27. The molecule has 0 radical (unpaired) electrons. The fourth-order valence-electron chi connectivity index (χ4n) is 1.97. The third kappa shape index (κ3) is 5.32. The summed E-state index contributed by atoms with van der Waals surface area (Å²) in [5.74, 6) is -0.0325. The number of rotatable bonds is 7. The Balaban J connectivity index is 2.45. The van der Waals surface area contributed by atoms with Crippen LogP contribution in [0.2, 0.25) is 0 Å². The fraction of sp³-hybridized carbons (Fsp3) is 0.533. The van der Waals surface area contributed by atoms with Gasteiger partial charge in [0.25, 0.3) is 0 Å². The molecular formula is C15H24N2O. The van der Waals surface area contributed by atoms with Crippen molar-refractivity contribution in [3.05, 3.63) is 29.8 Å². The predicted octanol–water partition coefficient (Wildman–Crippen LogP) is 3.31. The number of anilines is 1. The zero-order valence-corrected chi connectivity index (χ0v) is 11.6. The fourth-order valence-corrected chi connectivity index (χ4v) is 1.97. The van der Waals surface area contributed by atoms with Crippen LogP contribution in [-0.4, -0.2) is 11.9 Å². The Morgan fingerprint density at radius 2 is 1.89 bits per heavy atom. The van der Waals surface area contributed by atoms with Crippen molar-refractivity contribution >= 4 is 11.6 Å². The van der Waals surface area contributed by atoms with E-state index in [-0.39, 0.29) is 5.91 Å². The van der Waals surface area contributed by atoms with E-state index in [1.54, 1.807) is 0 Å². The van der Waals surface area contributed by atoms with E-state index in [1.165, 1.54) is 25.3 Å². The molecule has 3 nitrogen and oxygen atoms in total. The molecular weight excluding hydrogens is 224 g/mol. The normalized spacial score (nSPS) is 12.2. The Morgan fingerprint density at radius 3 is 2.39 bits per heavy atom. The predicted molar refractivity (Wildman–Crippen MR) is 76.6 cm³/mol. The Labute approximate surface area is 110 Å². The van der Waals surface area contributed by atoms with Gasteiger partial charge in [-0.05, 0) is 30.5 Å². The first kappa shape index (κ1) is 14.7. The first-order valence-corrected chi connectivity index (χ1v) is 6.75. The van der Waals surface area contributed by atoms with Gasteiger partial charge in [-0.15, -0.1) is 0 Å². The first-order valence-electron chi connectivity index (χ1n) is 6.75. The molecule has 0 spiro atoms. The smallest absolute Gasteiger partial charge is 0.221 e. The van der Waals surface area contributed by atoms with Crippen LogP contribution in [-0.2, 0) is 11.3 Å². The van der Waals surface area contributed by atoms with Crippen LogP contribution >= 0.6 is 0 Å². The van der Waals surface area contributed by atoms with Gasteiger partial charge in [-0.3, -0.25) is 4.79 Å². The van der Waals surface area contributed by atoms with E-state index >= 15 is 0 Å². The van der Waals surface area contributed by atoms with Gasteiger partial charge in [0.05, 0.1) is 0 Å². The monoisotopic (exact) mass is 248 g/mol. The molecule has 0 bridgehead atoms. The number of carbonyl (C=O) groups is 1. The van der Waals surface area contributed by atoms with Crippen LogP contribution in [0.3, 0.4) is 0 Å². The van der Waals surface area contributed by atoms with Crippen LogP contribution in [0.4, 0.5) is 5.69 Å². The van der Waals surface area contributed by atoms with Crippen molar-refractivity contribution < 1.29 is 4.79 Å². The quantitative estimate of drug-likeness (QED) is 0.777. The summed E-state index contributed by atoms with van der Waals surface area (Å²) in [4.78, 5) is 10.9. The number of benzene rings is 1. The Hall–Kier alpha value is -1.35. The SMILES string of the molecule is CCCC(CC)NCc1ccc(NC(C)=O)cc1. The standard InChI is InChI=1S/C15H24N2O/c1-4-6-14(5-2)16-11-13-7-9-15(10-8-13)17-12(3)18/h7-10,14,16H,4-6,11H2,1-3H3,(H,17,18). The maximum atomic E-state index is 10.9. The van der Waals surface area contributed by atoms with Gasteiger partial charge in [0.1, 0.15) is 0 Å². The minimum atomic E-state index is -0.0325. The molecule has 0 saturated carbocycles. The molecule has 1 atom stereocenters. The second-order valence-electron chi connectivity index (χ2n) is 4.65. The van der Waals surface area contributed by atoms with E-state index in [0.29, 0.717) is 6.04 Å². The van der Waals surface area contributed by atoms with Crippen molar-refractivity contribution in [1.82, 2.24) is 5.32 Å². The summed E-state index contributed by atoms with van der Waals surface area (Å²) >= 11 is 0. The lowest BCUT2D eigenvalue weighted by molar-refractivity contribution is -0.114. The van der Waals surface area contributed by atoms with Crippen molar-refractivity contribution in [2.24, 2.45) is 0 Å². The highest BCUT2D eigenvalue weighted by Crippen LogP contribution is 2.10. The molecule has 0 aliphatic carbocycles. The topological polar surface area (TPSA) is 41.1 Å². The maximum Gasteiger partial charge on any atom is 0.221 e. The molecule has 100 valence electrons. The number of amides is 1. The molecule has 0 aliphatic heterocycles. The molecule has 1 amide bonds. The van der Waals surface area contributed by atoms with Gasteiger partial charge in [-0.25, -0.2) is 0 Å². The Bertz CT molecular complexity index is 359. The molecule has 1 rings (SSSR count). The minimum absolute atomic E-state index is 0.0325. The van der Waals surface area contributed by atoms with Crippen LogP contribution in [0, 0.1) is 0 Å². The number of nitrogens with one attached hydrogen (secondary N) is 2. The molecule has 1 aromatic carbocycles. The summed E-state index contributed by atoms with van der Waals surface area (Å²) in [5.41, 5.74) is 2.10. The summed E-state index contributed by atoms with van der Waals surface area (Å²) in [7, 11) is 0. The van der Waals surface area contributed by atoms with Gasteiger partial charge in [-0.1, -0.05) is 32.4 Å². The van der Waals surface area contributed by atoms with Gasteiger partial charge >= 0.3 is 0 Å². The lowest BCUT2D eigenvalue weighted by Gasteiger charge is -2.16. The van der Waals surface area contributed by atoms with E-state index in [0.717, 1.165) is 18.7 Å². The molecule has 3 heteroatoms. The van der Waals surface area contributed by atoms with Gasteiger partial charge < -0.3 is 10.6 Å². The maximum absolute atomic E-state index is 10.9. The number of carbonyl (C=O) groups excluding carboxylic acids is 1. The summed E-state index contributed by atoms with van der Waals surface area (Å²) in [6.07, 6.45) is 3.60. The van der Waals surface area contributed by atoms with E-state index < -0.39 is 0 Å². The molecule has 0 fully saturated rings. The van der Waals surface area contributed by atoms with Gasteiger partial charge in [0, 0.05) is 25.2 Å².